The van der Waals surface area contributed by atoms with Crippen molar-refractivity contribution in [2.75, 3.05) is 0 Å². The van der Waals surface area contributed by atoms with Gasteiger partial charge < -0.3 is 5.32 Å². The maximum absolute atomic E-state index is 12.4. The van der Waals surface area contributed by atoms with Gasteiger partial charge in [0, 0.05) is 4.88 Å². The van der Waals surface area contributed by atoms with E-state index >= 15 is 0 Å². The summed E-state index contributed by atoms with van der Waals surface area (Å²) in [5.41, 5.74) is 0.735. The monoisotopic (exact) mass is 298 g/mol. The second-order valence-corrected chi connectivity index (χ2v) is 5.82. The van der Waals surface area contributed by atoms with E-state index in [0.29, 0.717) is 0 Å². The molecule has 2 atom stereocenters. The van der Waals surface area contributed by atoms with Gasteiger partial charge in [-0.1, -0.05) is 49.7 Å². The van der Waals surface area contributed by atoms with Crippen LogP contribution in [0, 0.1) is 11.3 Å². The predicted octanol–water partition coefficient (Wildman–Crippen LogP) is 4.01. The van der Waals surface area contributed by atoms with Gasteiger partial charge in [-0.3, -0.25) is 4.79 Å². The van der Waals surface area contributed by atoms with Crippen molar-refractivity contribution >= 4 is 17.2 Å². The molecule has 0 fully saturated rings. The van der Waals surface area contributed by atoms with Gasteiger partial charge in [0.25, 0.3) is 0 Å². The van der Waals surface area contributed by atoms with Crippen molar-refractivity contribution in [1.29, 1.82) is 5.26 Å². The number of rotatable bonds is 6. The molecule has 2 unspecified atom stereocenters. The van der Waals surface area contributed by atoms with Crippen LogP contribution in [0.1, 0.15) is 42.2 Å². The van der Waals surface area contributed by atoms with E-state index in [4.69, 9.17) is 0 Å². The lowest BCUT2D eigenvalue weighted by Gasteiger charge is -2.19. The fourth-order valence-corrected chi connectivity index (χ4v) is 3.06. The SMILES string of the molecule is CCCC(NC(=O)C(C#N)c1ccccc1)c1cccs1. The Labute approximate surface area is 129 Å². The highest BCUT2D eigenvalue weighted by atomic mass is 32.1. The highest BCUT2D eigenvalue weighted by molar-refractivity contribution is 7.10. The molecule has 0 saturated carbocycles. The summed E-state index contributed by atoms with van der Waals surface area (Å²) in [7, 11) is 0. The van der Waals surface area contributed by atoms with Crippen molar-refractivity contribution in [3.63, 3.8) is 0 Å². The van der Waals surface area contributed by atoms with Gasteiger partial charge in [0.05, 0.1) is 12.1 Å². The van der Waals surface area contributed by atoms with Gasteiger partial charge in [-0.05, 0) is 23.4 Å². The molecule has 108 valence electrons. The first-order chi connectivity index (χ1) is 10.3. The molecule has 0 aliphatic rings. The van der Waals surface area contributed by atoms with Crippen LogP contribution in [-0.2, 0) is 4.79 Å². The number of nitriles is 1. The first kappa shape index (κ1) is 15.3. The summed E-state index contributed by atoms with van der Waals surface area (Å²) < 4.78 is 0. The zero-order valence-electron chi connectivity index (χ0n) is 12.0. The molecule has 1 aromatic carbocycles. The lowest BCUT2D eigenvalue weighted by molar-refractivity contribution is -0.122. The predicted molar refractivity (Wildman–Crippen MR) is 84.9 cm³/mol. The third-order valence-corrected chi connectivity index (χ3v) is 4.29. The molecule has 0 bridgehead atoms. The van der Waals surface area contributed by atoms with Gasteiger partial charge in [0.15, 0.2) is 0 Å². The van der Waals surface area contributed by atoms with Gasteiger partial charge in [-0.25, -0.2) is 0 Å². The smallest absolute Gasteiger partial charge is 0.242 e. The standard InChI is InChI=1S/C17H18N2OS/c1-2-7-15(16-10-6-11-21-16)19-17(20)14(12-18)13-8-4-3-5-9-13/h3-6,8-11,14-15H,2,7H2,1H3,(H,19,20). The lowest BCUT2D eigenvalue weighted by atomic mass is 9.99. The van der Waals surface area contributed by atoms with Gasteiger partial charge in [-0.15, -0.1) is 11.3 Å². The molecule has 2 rings (SSSR count). The zero-order chi connectivity index (χ0) is 15.1. The van der Waals surface area contributed by atoms with Crippen LogP contribution in [0.15, 0.2) is 47.8 Å². The molecule has 0 radical (unpaired) electrons. The van der Waals surface area contributed by atoms with E-state index in [0.717, 1.165) is 23.3 Å². The van der Waals surface area contributed by atoms with Gasteiger partial charge in [0.1, 0.15) is 5.92 Å². The molecular formula is C17H18N2OS. The first-order valence-corrected chi connectivity index (χ1v) is 7.92. The third-order valence-electron chi connectivity index (χ3n) is 3.30. The maximum atomic E-state index is 12.4. The van der Waals surface area contributed by atoms with Crippen LogP contribution in [0.25, 0.3) is 0 Å². The number of hydrogen-bond acceptors (Lipinski definition) is 3. The Hall–Kier alpha value is -2.12. The number of hydrogen-bond donors (Lipinski definition) is 1. The lowest BCUT2D eigenvalue weighted by Crippen LogP contribution is -2.32. The van der Waals surface area contributed by atoms with E-state index in [-0.39, 0.29) is 11.9 Å². The second kappa shape index (κ2) is 7.61. The van der Waals surface area contributed by atoms with E-state index in [2.05, 4.69) is 18.3 Å². The molecule has 1 amide bonds. The first-order valence-electron chi connectivity index (χ1n) is 7.04. The summed E-state index contributed by atoms with van der Waals surface area (Å²) in [5.74, 6) is -0.985. The molecule has 1 aromatic heterocycles. The molecule has 2 aromatic rings. The molecular weight excluding hydrogens is 280 g/mol. The molecule has 0 saturated heterocycles. The Kier molecular flexibility index (Phi) is 5.53. The van der Waals surface area contributed by atoms with Crippen molar-refractivity contribution in [1.82, 2.24) is 5.32 Å². The van der Waals surface area contributed by atoms with Crippen molar-refractivity contribution < 1.29 is 4.79 Å². The van der Waals surface area contributed by atoms with Crippen molar-refractivity contribution in [2.45, 2.75) is 31.7 Å². The molecule has 1 heterocycles. The van der Waals surface area contributed by atoms with E-state index < -0.39 is 5.92 Å². The molecule has 0 spiro atoms. The van der Waals surface area contributed by atoms with E-state index in [9.17, 15) is 10.1 Å². The summed E-state index contributed by atoms with van der Waals surface area (Å²) in [6.45, 7) is 2.09. The van der Waals surface area contributed by atoms with Gasteiger partial charge in [-0.2, -0.15) is 5.26 Å². The summed E-state index contributed by atoms with van der Waals surface area (Å²) in [4.78, 5) is 13.6. The minimum atomic E-state index is -0.759. The van der Waals surface area contributed by atoms with Crippen molar-refractivity contribution in [3.05, 3.63) is 58.3 Å². The molecule has 21 heavy (non-hydrogen) atoms. The van der Waals surface area contributed by atoms with Crippen LogP contribution in [0.4, 0.5) is 0 Å². The Balaban J connectivity index is 2.13. The Morgan fingerprint density at radius 1 is 1.29 bits per heavy atom. The van der Waals surface area contributed by atoms with E-state index in [1.807, 2.05) is 47.8 Å². The Bertz CT molecular complexity index is 601. The number of amides is 1. The molecule has 1 N–H and O–H groups in total. The summed E-state index contributed by atoms with van der Waals surface area (Å²) in [6.07, 6.45) is 1.85. The van der Waals surface area contributed by atoms with E-state index in [1.54, 1.807) is 11.3 Å². The number of nitrogens with one attached hydrogen (secondary N) is 1. The van der Waals surface area contributed by atoms with Gasteiger partial charge in [0.2, 0.25) is 5.91 Å². The second-order valence-electron chi connectivity index (χ2n) is 4.84. The van der Waals surface area contributed by atoms with Crippen LogP contribution in [0.2, 0.25) is 0 Å². The number of benzene rings is 1. The maximum Gasteiger partial charge on any atom is 0.242 e. The number of thiophene rings is 1. The normalized spacial score (nSPS) is 13.1. The zero-order valence-corrected chi connectivity index (χ0v) is 12.8. The number of carbonyl (C=O) groups excluding carboxylic acids is 1. The quantitative estimate of drug-likeness (QED) is 0.876. The van der Waals surface area contributed by atoms with Crippen molar-refractivity contribution in [2.24, 2.45) is 0 Å². The topological polar surface area (TPSA) is 52.9 Å². The summed E-state index contributed by atoms with van der Waals surface area (Å²) in [6, 6.07) is 15.3. The molecule has 0 aliphatic heterocycles. The minimum absolute atomic E-state index is 0.0120. The van der Waals surface area contributed by atoms with Crippen LogP contribution < -0.4 is 5.32 Å². The number of carbonyl (C=O) groups is 1. The van der Waals surface area contributed by atoms with Crippen LogP contribution in [0.5, 0.6) is 0 Å². The van der Waals surface area contributed by atoms with Crippen LogP contribution >= 0.6 is 11.3 Å². The fraction of sp³-hybridized carbons (Fsp3) is 0.294. The highest BCUT2D eigenvalue weighted by Crippen LogP contribution is 2.25. The average molecular weight is 298 g/mol. The largest absolute Gasteiger partial charge is 0.347 e. The van der Waals surface area contributed by atoms with Gasteiger partial charge >= 0.3 is 0 Å². The van der Waals surface area contributed by atoms with Crippen molar-refractivity contribution in [3.8, 4) is 6.07 Å². The van der Waals surface area contributed by atoms with Crippen LogP contribution in [0.3, 0.4) is 0 Å². The highest BCUT2D eigenvalue weighted by Gasteiger charge is 2.23. The third kappa shape index (κ3) is 3.93. The molecule has 4 heteroatoms. The molecule has 0 aliphatic carbocycles. The summed E-state index contributed by atoms with van der Waals surface area (Å²) in [5, 5.41) is 14.3. The molecule has 3 nitrogen and oxygen atoms in total. The Morgan fingerprint density at radius 3 is 2.62 bits per heavy atom. The average Bonchev–Trinajstić information content (AvgIpc) is 3.03. The van der Waals surface area contributed by atoms with Crippen LogP contribution in [-0.4, -0.2) is 5.91 Å². The number of nitrogens with zero attached hydrogens (tertiary/aromatic N) is 1. The summed E-state index contributed by atoms with van der Waals surface area (Å²) >= 11 is 1.63. The Morgan fingerprint density at radius 2 is 2.05 bits per heavy atom. The van der Waals surface area contributed by atoms with E-state index in [1.165, 1.54) is 0 Å². The minimum Gasteiger partial charge on any atom is -0.347 e. The fourth-order valence-electron chi connectivity index (χ4n) is 2.25.